The van der Waals surface area contributed by atoms with E-state index in [2.05, 4.69) is 10.2 Å². The predicted octanol–water partition coefficient (Wildman–Crippen LogP) is 0.656. The van der Waals surface area contributed by atoms with Gasteiger partial charge >= 0.3 is 6.18 Å². The van der Waals surface area contributed by atoms with Crippen LogP contribution in [0.15, 0.2) is 0 Å². The number of halogens is 3. The zero-order chi connectivity index (χ0) is 11.1. The van der Waals surface area contributed by atoms with Crippen molar-refractivity contribution in [1.82, 2.24) is 14.8 Å². The van der Waals surface area contributed by atoms with Crippen LogP contribution in [0.4, 0.5) is 13.2 Å². The van der Waals surface area contributed by atoms with Crippen molar-refractivity contribution >= 4 is 0 Å². The Balaban J connectivity index is 2.23. The molecule has 0 saturated heterocycles. The standard InChI is InChI=1S/C8H11F3N4/c9-8(10,11)3-7-14-13-6-2-1-5(12)4-15(6)7/h5H,1-4,12H2. The molecule has 1 atom stereocenters. The minimum absolute atomic E-state index is 0.0346. The zero-order valence-electron chi connectivity index (χ0n) is 7.96. The van der Waals surface area contributed by atoms with E-state index >= 15 is 0 Å². The Labute approximate surface area is 84.3 Å². The van der Waals surface area contributed by atoms with Gasteiger partial charge in [-0.15, -0.1) is 10.2 Å². The summed E-state index contributed by atoms with van der Waals surface area (Å²) in [5.74, 6) is 0.573. The van der Waals surface area contributed by atoms with Crippen molar-refractivity contribution in [2.75, 3.05) is 0 Å². The van der Waals surface area contributed by atoms with E-state index in [1.807, 2.05) is 0 Å². The Bertz CT molecular complexity index is 357. The molecule has 15 heavy (non-hydrogen) atoms. The minimum Gasteiger partial charge on any atom is -0.326 e. The van der Waals surface area contributed by atoms with Gasteiger partial charge in [0.05, 0.1) is 0 Å². The fourth-order valence-corrected chi connectivity index (χ4v) is 1.72. The fraction of sp³-hybridized carbons (Fsp3) is 0.750. The molecular weight excluding hydrogens is 209 g/mol. The van der Waals surface area contributed by atoms with Crippen LogP contribution < -0.4 is 5.73 Å². The predicted molar refractivity (Wildman–Crippen MR) is 46.1 cm³/mol. The Morgan fingerprint density at radius 3 is 2.80 bits per heavy atom. The molecule has 7 heteroatoms. The summed E-state index contributed by atoms with van der Waals surface area (Å²) in [6, 6.07) is -0.0968. The molecule has 2 rings (SSSR count). The number of hydrogen-bond donors (Lipinski definition) is 1. The van der Waals surface area contributed by atoms with Gasteiger partial charge in [0, 0.05) is 19.0 Å². The summed E-state index contributed by atoms with van der Waals surface area (Å²) in [5, 5.41) is 7.29. The fourth-order valence-electron chi connectivity index (χ4n) is 1.72. The van der Waals surface area contributed by atoms with Crippen molar-refractivity contribution in [2.45, 2.75) is 38.0 Å². The van der Waals surface area contributed by atoms with E-state index < -0.39 is 12.6 Å². The number of nitrogens with two attached hydrogens (primary N) is 1. The van der Waals surface area contributed by atoms with Crippen molar-refractivity contribution in [3.05, 3.63) is 11.6 Å². The second-order valence-electron chi connectivity index (χ2n) is 3.73. The summed E-state index contributed by atoms with van der Waals surface area (Å²) in [6.45, 7) is 0.383. The van der Waals surface area contributed by atoms with Gasteiger partial charge in [-0.25, -0.2) is 0 Å². The molecule has 1 aromatic rings. The molecule has 0 bridgehead atoms. The molecule has 1 aliphatic heterocycles. The molecule has 2 N–H and O–H groups in total. The number of hydrogen-bond acceptors (Lipinski definition) is 3. The Morgan fingerprint density at radius 2 is 2.13 bits per heavy atom. The molecule has 0 radical (unpaired) electrons. The lowest BCUT2D eigenvalue weighted by molar-refractivity contribution is -0.129. The third kappa shape index (κ3) is 2.28. The van der Waals surface area contributed by atoms with Crippen LogP contribution >= 0.6 is 0 Å². The van der Waals surface area contributed by atoms with Crippen LogP contribution in [-0.2, 0) is 19.4 Å². The molecule has 0 aliphatic carbocycles. The van der Waals surface area contributed by atoms with Gasteiger partial charge in [0.25, 0.3) is 0 Å². The van der Waals surface area contributed by atoms with Crippen LogP contribution in [-0.4, -0.2) is 27.0 Å². The van der Waals surface area contributed by atoms with Crippen molar-refractivity contribution in [3.63, 3.8) is 0 Å². The number of nitrogens with zero attached hydrogens (tertiary/aromatic N) is 3. The van der Waals surface area contributed by atoms with Gasteiger partial charge < -0.3 is 10.3 Å². The highest BCUT2D eigenvalue weighted by molar-refractivity contribution is 5.02. The van der Waals surface area contributed by atoms with Crippen LogP contribution in [0.25, 0.3) is 0 Å². The number of alkyl halides is 3. The molecule has 1 aliphatic rings. The summed E-state index contributed by atoms with van der Waals surface area (Å²) >= 11 is 0. The topological polar surface area (TPSA) is 56.7 Å². The maximum atomic E-state index is 12.2. The third-order valence-corrected chi connectivity index (χ3v) is 2.42. The summed E-state index contributed by atoms with van der Waals surface area (Å²) in [4.78, 5) is 0. The molecule has 2 heterocycles. The minimum atomic E-state index is -4.24. The number of aryl methyl sites for hydroxylation is 1. The monoisotopic (exact) mass is 220 g/mol. The molecule has 1 unspecified atom stereocenters. The van der Waals surface area contributed by atoms with Gasteiger partial charge in [0.15, 0.2) is 0 Å². The lowest BCUT2D eigenvalue weighted by atomic mass is 10.1. The molecular formula is C8H11F3N4. The van der Waals surface area contributed by atoms with Crippen LogP contribution in [0.3, 0.4) is 0 Å². The van der Waals surface area contributed by atoms with Crippen molar-refractivity contribution in [2.24, 2.45) is 5.73 Å². The number of fused-ring (bicyclic) bond motifs is 1. The van der Waals surface area contributed by atoms with E-state index in [1.54, 1.807) is 0 Å². The quantitative estimate of drug-likeness (QED) is 0.756. The molecule has 84 valence electrons. The van der Waals surface area contributed by atoms with E-state index in [0.717, 1.165) is 6.42 Å². The normalized spacial score (nSPS) is 21.5. The van der Waals surface area contributed by atoms with Crippen LogP contribution in [0, 0.1) is 0 Å². The first-order valence-corrected chi connectivity index (χ1v) is 4.69. The first-order chi connectivity index (χ1) is 6.96. The number of aromatic nitrogens is 3. The average Bonchev–Trinajstić information content (AvgIpc) is 2.46. The van der Waals surface area contributed by atoms with Gasteiger partial charge in [0.2, 0.25) is 0 Å². The molecule has 0 saturated carbocycles. The Kier molecular flexibility index (Phi) is 2.41. The highest BCUT2D eigenvalue weighted by Crippen LogP contribution is 2.22. The largest absolute Gasteiger partial charge is 0.396 e. The van der Waals surface area contributed by atoms with Gasteiger partial charge in [0.1, 0.15) is 18.1 Å². The van der Waals surface area contributed by atoms with Crippen molar-refractivity contribution in [3.8, 4) is 0 Å². The van der Waals surface area contributed by atoms with Gasteiger partial charge in [-0.2, -0.15) is 13.2 Å². The van der Waals surface area contributed by atoms with Crippen LogP contribution in [0.2, 0.25) is 0 Å². The zero-order valence-corrected chi connectivity index (χ0v) is 7.96. The maximum Gasteiger partial charge on any atom is 0.396 e. The third-order valence-electron chi connectivity index (χ3n) is 2.42. The Morgan fingerprint density at radius 1 is 1.40 bits per heavy atom. The summed E-state index contributed by atoms with van der Waals surface area (Å²) < 4.78 is 38.0. The number of rotatable bonds is 1. The van der Waals surface area contributed by atoms with Crippen LogP contribution in [0.5, 0.6) is 0 Å². The van der Waals surface area contributed by atoms with E-state index in [9.17, 15) is 13.2 Å². The van der Waals surface area contributed by atoms with Crippen LogP contribution in [0.1, 0.15) is 18.1 Å². The molecule has 0 spiro atoms. The second-order valence-corrected chi connectivity index (χ2v) is 3.73. The van der Waals surface area contributed by atoms with Gasteiger partial charge in [-0.3, -0.25) is 0 Å². The average molecular weight is 220 g/mol. The highest BCUT2D eigenvalue weighted by atomic mass is 19.4. The van der Waals surface area contributed by atoms with E-state index in [4.69, 9.17) is 5.73 Å². The van der Waals surface area contributed by atoms with Crippen molar-refractivity contribution < 1.29 is 13.2 Å². The first kappa shape index (κ1) is 10.4. The van der Waals surface area contributed by atoms with Crippen molar-refractivity contribution in [1.29, 1.82) is 0 Å². The Hall–Kier alpha value is -1.11. The summed E-state index contributed by atoms with van der Waals surface area (Å²) in [6.07, 6.45) is -3.92. The summed E-state index contributed by atoms with van der Waals surface area (Å²) in [5.41, 5.74) is 5.68. The first-order valence-electron chi connectivity index (χ1n) is 4.69. The molecule has 0 aromatic carbocycles. The second kappa shape index (κ2) is 3.48. The molecule has 0 amide bonds. The SMILES string of the molecule is NC1CCc2nnc(CC(F)(F)F)n2C1. The van der Waals surface area contributed by atoms with Gasteiger partial charge in [-0.1, -0.05) is 0 Å². The highest BCUT2D eigenvalue weighted by Gasteiger charge is 2.32. The van der Waals surface area contributed by atoms with E-state index in [1.165, 1.54) is 4.57 Å². The lowest BCUT2D eigenvalue weighted by Crippen LogP contribution is -2.33. The molecule has 0 fully saturated rings. The summed E-state index contributed by atoms with van der Waals surface area (Å²) in [7, 11) is 0. The maximum absolute atomic E-state index is 12.2. The smallest absolute Gasteiger partial charge is 0.326 e. The van der Waals surface area contributed by atoms with E-state index in [-0.39, 0.29) is 11.9 Å². The molecule has 4 nitrogen and oxygen atoms in total. The van der Waals surface area contributed by atoms with Gasteiger partial charge in [-0.05, 0) is 6.42 Å². The van der Waals surface area contributed by atoms with E-state index in [0.29, 0.717) is 18.8 Å². The lowest BCUT2D eigenvalue weighted by Gasteiger charge is -2.21. The molecule has 1 aromatic heterocycles.